The van der Waals surface area contributed by atoms with E-state index in [1.807, 2.05) is 0 Å². The van der Waals surface area contributed by atoms with Gasteiger partial charge >= 0.3 is 27.9 Å². The van der Waals surface area contributed by atoms with Crippen molar-refractivity contribution < 1.29 is 47.7 Å². The first-order valence-electron chi connectivity index (χ1n) is 0.651. The van der Waals surface area contributed by atoms with Crippen LogP contribution in [-0.4, -0.2) is 16.4 Å². The summed E-state index contributed by atoms with van der Waals surface area (Å²) in [7, 11) is 0. The Morgan fingerprint density at radius 1 is 1.14 bits per heavy atom. The molecule has 0 amide bonds. The van der Waals surface area contributed by atoms with E-state index in [1.54, 1.807) is 0 Å². The fourth-order valence-electron chi connectivity index (χ4n) is 0. The van der Waals surface area contributed by atoms with E-state index in [4.69, 9.17) is 15.0 Å². The Labute approximate surface area is 54.5 Å². The fraction of sp³-hybridized carbons (Fsp3) is 0. The Morgan fingerprint density at radius 2 is 1.14 bits per heavy atom. The molecule has 0 aliphatic rings. The fourth-order valence-corrected chi connectivity index (χ4v) is 0. The molecule has 5 nitrogen and oxygen atoms in total. The molecule has 0 aliphatic carbocycles. The second-order valence-electron chi connectivity index (χ2n) is 0.283. The molecule has 7 heavy (non-hydrogen) atoms. The van der Waals surface area contributed by atoms with Gasteiger partial charge in [0.25, 0.3) is 0 Å². The van der Waals surface area contributed by atoms with Crippen molar-refractivity contribution in [2.45, 2.75) is 0 Å². The van der Waals surface area contributed by atoms with Gasteiger partial charge < -0.3 is 21.2 Å². The quantitative estimate of drug-likeness (QED) is 0.463. The molecule has 0 aromatic heterocycles. The molecule has 2 N–H and O–H groups in total. The van der Waals surface area contributed by atoms with Crippen molar-refractivity contribution in [2.24, 2.45) is 0 Å². The van der Waals surface area contributed by atoms with Crippen LogP contribution in [0.3, 0.4) is 0 Å². The number of hydrogen-bond donors (Lipinski definition) is 2. The summed E-state index contributed by atoms with van der Waals surface area (Å²) in [6, 6.07) is 0. The van der Waals surface area contributed by atoms with Crippen molar-refractivity contribution in [3.63, 3.8) is 0 Å². The minimum Gasteiger partial charge on any atom is -2.00 e. The Morgan fingerprint density at radius 3 is 1.14 bits per heavy atom. The van der Waals surface area contributed by atoms with Crippen LogP contribution in [0, 0.1) is 0 Å². The summed E-state index contributed by atoms with van der Waals surface area (Å²) in [5.41, 5.74) is 0. The Bertz CT molecular complexity index is 31.1. The molecule has 0 rings (SSSR count). The monoisotopic (exact) mass is 142 g/mol. The molecule has 6 heteroatoms. The first kappa shape index (κ1) is 28.5. The topological polar surface area (TPSA) is 115 Å². The Kier molecular flexibility index (Phi) is 68.6. The zero-order valence-electron chi connectivity index (χ0n) is 3.12. The summed E-state index contributed by atoms with van der Waals surface area (Å²) in [6.45, 7) is 0. The molecule has 0 saturated heterocycles. The van der Waals surface area contributed by atoms with E-state index in [9.17, 15) is 0 Å². The van der Waals surface area contributed by atoms with Crippen molar-refractivity contribution in [3.05, 3.63) is 0 Å². The molecule has 0 heterocycles. The summed E-state index contributed by atoms with van der Waals surface area (Å²) in [4.78, 5) is 8.56. The average Bonchev–Trinajstić information content (AvgIpc) is 0.811. The van der Waals surface area contributed by atoms with Gasteiger partial charge in [0.2, 0.25) is 0 Å². The van der Waals surface area contributed by atoms with Crippen molar-refractivity contribution in [3.8, 4) is 0 Å². The zero-order chi connectivity index (χ0) is 3.58. The molecule has 0 atom stereocenters. The van der Waals surface area contributed by atoms with Gasteiger partial charge in [0.15, 0.2) is 0 Å². The van der Waals surface area contributed by atoms with Crippen LogP contribution in [0.15, 0.2) is 0 Å². The molecule has 0 spiro atoms. The molecule has 0 aliphatic heterocycles. The molecular weight excluding hydrogens is 140 g/mol. The maximum absolute atomic E-state index is 8.56. The molecule has 0 bridgehead atoms. The van der Waals surface area contributed by atoms with Crippen molar-refractivity contribution >= 4 is 6.16 Å². The summed E-state index contributed by atoms with van der Waals surface area (Å²) in [5, 5.41) is 13.9. The second kappa shape index (κ2) is 16.8. The number of rotatable bonds is 0. The van der Waals surface area contributed by atoms with E-state index in [0.29, 0.717) is 0 Å². The third-order valence-corrected chi connectivity index (χ3v) is 0. The number of hydrogen-bond acceptors (Lipinski definition) is 1. The molecule has 0 radical (unpaired) electrons. The van der Waals surface area contributed by atoms with Crippen molar-refractivity contribution in [1.82, 2.24) is 0 Å². The van der Waals surface area contributed by atoms with Gasteiger partial charge in [-0.25, -0.2) is 4.79 Å². The minimum absolute atomic E-state index is 0. The van der Waals surface area contributed by atoms with Crippen molar-refractivity contribution in [2.75, 3.05) is 0 Å². The molecular formula is CH2O5Ti. The van der Waals surface area contributed by atoms with Gasteiger partial charge in [0.05, 0.1) is 0 Å². The zero-order valence-corrected chi connectivity index (χ0v) is 4.68. The number of carboxylic acid groups (broad SMARTS) is 2. The summed E-state index contributed by atoms with van der Waals surface area (Å²) in [6.07, 6.45) is -1.83. The van der Waals surface area contributed by atoms with E-state index >= 15 is 0 Å². The van der Waals surface area contributed by atoms with Gasteiger partial charge in [0, 0.05) is 0 Å². The first-order chi connectivity index (χ1) is 1.73. The maximum Gasteiger partial charge on any atom is 4.00 e. The van der Waals surface area contributed by atoms with Gasteiger partial charge in [-0.05, 0) is 0 Å². The summed E-state index contributed by atoms with van der Waals surface area (Å²) >= 11 is 0. The van der Waals surface area contributed by atoms with Gasteiger partial charge in [-0.1, -0.05) is 0 Å². The van der Waals surface area contributed by atoms with Gasteiger partial charge in [-0.2, -0.15) is 0 Å². The minimum atomic E-state index is -1.83. The standard InChI is InChI=1S/CH2O3.2O.Ti/c2-1(3)4;;;/h(H2,2,3,4);;;/q;2*-2;+4. The largest absolute Gasteiger partial charge is 4.00 e. The van der Waals surface area contributed by atoms with Crippen LogP contribution in [-0.2, 0) is 32.7 Å². The average molecular weight is 142 g/mol. The molecule has 0 aromatic rings. The Balaban J connectivity index is -0.0000000150. The SMILES string of the molecule is O=C(O)O.[O-2].[O-2].[Ti+4]. The van der Waals surface area contributed by atoms with E-state index in [-0.39, 0.29) is 32.7 Å². The van der Waals surface area contributed by atoms with Crippen LogP contribution in [0.5, 0.6) is 0 Å². The van der Waals surface area contributed by atoms with E-state index in [2.05, 4.69) is 0 Å². The molecule has 0 fully saturated rings. The van der Waals surface area contributed by atoms with Crippen LogP contribution >= 0.6 is 0 Å². The van der Waals surface area contributed by atoms with Crippen LogP contribution in [0.1, 0.15) is 0 Å². The van der Waals surface area contributed by atoms with Crippen LogP contribution in [0.2, 0.25) is 0 Å². The van der Waals surface area contributed by atoms with Crippen LogP contribution < -0.4 is 0 Å². The van der Waals surface area contributed by atoms with E-state index in [1.165, 1.54) is 0 Å². The maximum atomic E-state index is 8.56. The van der Waals surface area contributed by atoms with Crippen LogP contribution in [0.4, 0.5) is 4.79 Å². The summed E-state index contributed by atoms with van der Waals surface area (Å²) < 4.78 is 0. The Hall–Kier alpha value is -0.0957. The molecule has 0 aromatic carbocycles. The van der Waals surface area contributed by atoms with Gasteiger partial charge in [-0.3, -0.25) is 0 Å². The van der Waals surface area contributed by atoms with Crippen LogP contribution in [0.25, 0.3) is 0 Å². The smallest absolute Gasteiger partial charge is 2.00 e. The van der Waals surface area contributed by atoms with Gasteiger partial charge in [0.1, 0.15) is 0 Å². The van der Waals surface area contributed by atoms with Crippen molar-refractivity contribution in [1.29, 1.82) is 0 Å². The molecule has 40 valence electrons. The van der Waals surface area contributed by atoms with E-state index < -0.39 is 6.16 Å². The van der Waals surface area contributed by atoms with Gasteiger partial charge in [-0.15, -0.1) is 0 Å². The first-order valence-corrected chi connectivity index (χ1v) is 0.651. The molecule has 0 unspecified atom stereocenters. The number of carbonyl (C=O) groups is 1. The third kappa shape index (κ3) is 9820. The normalized spacial score (nSPS) is 3.43. The van der Waals surface area contributed by atoms with E-state index in [0.717, 1.165) is 0 Å². The summed E-state index contributed by atoms with van der Waals surface area (Å²) in [5.74, 6) is 0. The molecule has 0 saturated carbocycles. The predicted molar refractivity (Wildman–Crippen MR) is 12.0 cm³/mol. The third-order valence-electron chi connectivity index (χ3n) is 0. The second-order valence-corrected chi connectivity index (χ2v) is 0.283. The predicted octanol–water partition coefficient (Wildman–Crippen LogP) is -0.0177.